The number of aryl methyl sites for hydroxylation is 1. The zero-order valence-corrected chi connectivity index (χ0v) is 11.2. The number of rotatable bonds is 7. The maximum Gasteiger partial charge on any atom is 0.226 e. The molecule has 0 saturated heterocycles. The molecule has 17 heavy (non-hydrogen) atoms. The van der Waals surface area contributed by atoms with E-state index < -0.39 is 5.60 Å². The molecule has 1 rings (SSSR count). The molecule has 1 unspecified atom stereocenters. The number of nitrogens with zero attached hydrogens (tertiary/aromatic N) is 2. The number of hydrogen-bond donors (Lipinski definition) is 1. The van der Waals surface area contributed by atoms with Crippen molar-refractivity contribution in [2.45, 2.75) is 58.1 Å². The van der Waals surface area contributed by atoms with Crippen molar-refractivity contribution in [3.63, 3.8) is 0 Å². The molecule has 98 valence electrons. The Morgan fingerprint density at radius 1 is 1.41 bits per heavy atom. The normalized spacial score (nSPS) is 13.9. The lowest BCUT2D eigenvalue weighted by Gasteiger charge is -2.25. The highest BCUT2D eigenvalue weighted by Gasteiger charge is 2.33. The van der Waals surface area contributed by atoms with Crippen molar-refractivity contribution < 1.29 is 9.26 Å². The smallest absolute Gasteiger partial charge is 0.226 e. The molecule has 0 radical (unpaired) electrons. The van der Waals surface area contributed by atoms with Crippen LogP contribution in [0.1, 0.15) is 51.7 Å². The molecule has 0 amide bonds. The van der Waals surface area contributed by atoms with Gasteiger partial charge in [-0.25, -0.2) is 0 Å². The number of ether oxygens (including phenoxy) is 1. The third-order valence-corrected chi connectivity index (χ3v) is 3.22. The van der Waals surface area contributed by atoms with Crippen molar-refractivity contribution in [3.05, 3.63) is 11.7 Å². The minimum absolute atomic E-state index is 0.148. The lowest BCUT2D eigenvalue weighted by molar-refractivity contribution is -0.0306. The van der Waals surface area contributed by atoms with Gasteiger partial charge in [0.15, 0.2) is 0 Å². The lowest BCUT2D eigenvalue weighted by atomic mass is 9.96. The summed E-state index contributed by atoms with van der Waals surface area (Å²) in [4.78, 5) is 4.41. The van der Waals surface area contributed by atoms with E-state index >= 15 is 0 Å². The molecule has 5 nitrogen and oxygen atoms in total. The van der Waals surface area contributed by atoms with Gasteiger partial charge in [-0.3, -0.25) is 0 Å². The minimum Gasteiger partial charge on any atom is -0.370 e. The average molecular weight is 241 g/mol. The second-order valence-electron chi connectivity index (χ2n) is 4.43. The Bertz CT molecular complexity index is 324. The Morgan fingerprint density at radius 2 is 2.06 bits per heavy atom. The fourth-order valence-corrected chi connectivity index (χ4v) is 1.84. The Morgan fingerprint density at radius 3 is 2.53 bits per heavy atom. The van der Waals surface area contributed by atoms with Crippen molar-refractivity contribution in [2.24, 2.45) is 5.73 Å². The van der Waals surface area contributed by atoms with Crippen molar-refractivity contribution >= 4 is 0 Å². The summed E-state index contributed by atoms with van der Waals surface area (Å²) < 4.78 is 10.8. The Labute approximate surface area is 103 Å². The molecule has 0 aliphatic carbocycles. The molecule has 0 aromatic carbocycles. The quantitative estimate of drug-likeness (QED) is 0.790. The summed E-state index contributed by atoms with van der Waals surface area (Å²) in [5.74, 6) is 1.28. The largest absolute Gasteiger partial charge is 0.370 e. The zero-order valence-electron chi connectivity index (χ0n) is 11.2. The third kappa shape index (κ3) is 3.26. The van der Waals surface area contributed by atoms with Gasteiger partial charge in [-0.05, 0) is 26.2 Å². The van der Waals surface area contributed by atoms with Gasteiger partial charge >= 0.3 is 0 Å². The highest BCUT2D eigenvalue weighted by molar-refractivity contribution is 5.01. The molecule has 5 heteroatoms. The predicted octanol–water partition coefficient (Wildman–Crippen LogP) is 2.01. The van der Waals surface area contributed by atoms with Gasteiger partial charge in [0.05, 0.1) is 0 Å². The molecule has 0 saturated carbocycles. The van der Waals surface area contributed by atoms with E-state index in [1.54, 1.807) is 7.11 Å². The zero-order chi connectivity index (χ0) is 12.9. The van der Waals surface area contributed by atoms with Crippen LogP contribution in [0.5, 0.6) is 0 Å². The van der Waals surface area contributed by atoms with Crippen LogP contribution >= 0.6 is 0 Å². The van der Waals surface area contributed by atoms with E-state index in [2.05, 4.69) is 24.0 Å². The van der Waals surface area contributed by atoms with E-state index in [-0.39, 0.29) is 6.04 Å². The fraction of sp³-hybridized carbons (Fsp3) is 0.833. The molecular weight excluding hydrogens is 218 g/mol. The summed E-state index contributed by atoms with van der Waals surface area (Å²) >= 11 is 0. The van der Waals surface area contributed by atoms with E-state index in [1.165, 1.54) is 0 Å². The van der Waals surface area contributed by atoms with E-state index in [4.69, 9.17) is 15.0 Å². The molecule has 0 fully saturated rings. The van der Waals surface area contributed by atoms with Crippen molar-refractivity contribution in [2.75, 3.05) is 7.11 Å². The van der Waals surface area contributed by atoms with E-state index in [0.717, 1.165) is 25.7 Å². The summed E-state index contributed by atoms with van der Waals surface area (Å²) in [6.07, 6.45) is 3.22. The summed E-state index contributed by atoms with van der Waals surface area (Å²) in [7, 11) is 1.69. The third-order valence-electron chi connectivity index (χ3n) is 3.22. The first-order valence-electron chi connectivity index (χ1n) is 6.21. The van der Waals surface area contributed by atoms with Gasteiger partial charge in [0.2, 0.25) is 11.7 Å². The van der Waals surface area contributed by atoms with Crippen LogP contribution in [0.2, 0.25) is 0 Å². The topological polar surface area (TPSA) is 74.2 Å². The van der Waals surface area contributed by atoms with Gasteiger partial charge < -0.3 is 15.0 Å². The average Bonchev–Trinajstić information content (AvgIpc) is 2.79. The molecule has 1 atom stereocenters. The molecule has 0 aliphatic rings. The fourth-order valence-electron chi connectivity index (χ4n) is 1.84. The first-order chi connectivity index (χ1) is 8.07. The Kier molecular flexibility index (Phi) is 5.08. The monoisotopic (exact) mass is 241 g/mol. The molecule has 1 heterocycles. The summed E-state index contributed by atoms with van der Waals surface area (Å²) in [6.45, 7) is 6.09. The number of hydrogen-bond acceptors (Lipinski definition) is 5. The van der Waals surface area contributed by atoms with Gasteiger partial charge in [0.25, 0.3) is 0 Å². The molecule has 2 N–H and O–H groups in total. The van der Waals surface area contributed by atoms with Crippen LogP contribution in [0.15, 0.2) is 4.52 Å². The Balaban J connectivity index is 2.78. The highest BCUT2D eigenvalue weighted by Crippen LogP contribution is 2.30. The second-order valence-corrected chi connectivity index (χ2v) is 4.43. The summed E-state index contributed by atoms with van der Waals surface area (Å²) in [5, 5.41) is 4.03. The maximum absolute atomic E-state index is 5.70. The summed E-state index contributed by atoms with van der Waals surface area (Å²) in [5.41, 5.74) is 5.28. The number of aromatic nitrogens is 2. The molecule has 0 aliphatic heterocycles. The van der Waals surface area contributed by atoms with Gasteiger partial charge in [-0.2, -0.15) is 4.98 Å². The van der Waals surface area contributed by atoms with Crippen LogP contribution in [-0.4, -0.2) is 23.3 Å². The van der Waals surface area contributed by atoms with E-state index in [0.29, 0.717) is 11.7 Å². The van der Waals surface area contributed by atoms with E-state index in [9.17, 15) is 0 Å². The number of nitrogens with two attached hydrogens (primary N) is 1. The SMILES string of the molecule is CCC(CC)(OC)c1noc(CCC(C)N)n1. The van der Waals surface area contributed by atoms with Gasteiger partial charge in [0.1, 0.15) is 5.60 Å². The van der Waals surface area contributed by atoms with Crippen LogP contribution in [0.25, 0.3) is 0 Å². The Hall–Kier alpha value is -0.940. The van der Waals surface area contributed by atoms with Gasteiger partial charge in [0, 0.05) is 19.6 Å². The lowest BCUT2D eigenvalue weighted by Crippen LogP contribution is -2.28. The first kappa shape index (κ1) is 14.1. The van der Waals surface area contributed by atoms with Gasteiger partial charge in [-0.15, -0.1) is 0 Å². The molecule has 1 aromatic rings. The van der Waals surface area contributed by atoms with Crippen molar-refractivity contribution in [3.8, 4) is 0 Å². The van der Waals surface area contributed by atoms with Crippen LogP contribution in [0.4, 0.5) is 0 Å². The van der Waals surface area contributed by atoms with Gasteiger partial charge in [-0.1, -0.05) is 19.0 Å². The summed E-state index contributed by atoms with van der Waals surface area (Å²) in [6, 6.07) is 0.148. The van der Waals surface area contributed by atoms with Crippen molar-refractivity contribution in [1.82, 2.24) is 10.1 Å². The van der Waals surface area contributed by atoms with Crippen LogP contribution < -0.4 is 5.73 Å². The highest BCUT2D eigenvalue weighted by atomic mass is 16.5. The van der Waals surface area contributed by atoms with Crippen molar-refractivity contribution in [1.29, 1.82) is 0 Å². The van der Waals surface area contributed by atoms with Crippen LogP contribution in [-0.2, 0) is 16.8 Å². The molecule has 1 aromatic heterocycles. The first-order valence-corrected chi connectivity index (χ1v) is 6.21. The molecule has 0 spiro atoms. The molecule has 0 bridgehead atoms. The van der Waals surface area contributed by atoms with E-state index in [1.807, 2.05) is 6.92 Å². The maximum atomic E-state index is 5.70. The standard InChI is InChI=1S/C12H23N3O2/c1-5-12(6-2,16-4)11-14-10(17-15-11)8-7-9(3)13/h9H,5-8,13H2,1-4H3. The van der Waals surface area contributed by atoms with Crippen LogP contribution in [0.3, 0.4) is 0 Å². The minimum atomic E-state index is -0.421. The van der Waals surface area contributed by atoms with Crippen LogP contribution in [0, 0.1) is 0 Å². The number of methoxy groups -OCH3 is 1. The molecular formula is C12H23N3O2. The second kappa shape index (κ2) is 6.12. The predicted molar refractivity (Wildman–Crippen MR) is 65.5 cm³/mol.